The van der Waals surface area contributed by atoms with Crippen molar-refractivity contribution < 1.29 is 14.4 Å². The highest BCUT2D eigenvalue weighted by Crippen LogP contribution is 2.19. The molecule has 0 aliphatic carbocycles. The van der Waals surface area contributed by atoms with Crippen LogP contribution in [0, 0.1) is 10.1 Å². The van der Waals surface area contributed by atoms with Crippen LogP contribution in [0.3, 0.4) is 0 Å². The molecule has 0 amide bonds. The first-order valence-corrected chi connectivity index (χ1v) is 6.44. The number of nitrogens with one attached hydrogen (secondary N) is 1. The molecular weight excluding hydrogens is 272 g/mol. The van der Waals surface area contributed by atoms with Gasteiger partial charge >= 0.3 is 0 Å². The number of nitrogens with zero attached hydrogens (tertiary/aromatic N) is 1. The highest BCUT2D eigenvalue weighted by molar-refractivity contribution is 5.48. The SMILES string of the molecule is COc1cccc(OCCNc2ccc([N+](=O)[O-])cc2)c1. The minimum Gasteiger partial charge on any atom is -0.497 e. The van der Waals surface area contributed by atoms with Crippen LogP contribution < -0.4 is 14.8 Å². The maximum absolute atomic E-state index is 10.5. The molecule has 21 heavy (non-hydrogen) atoms. The fourth-order valence-corrected chi connectivity index (χ4v) is 1.76. The summed E-state index contributed by atoms with van der Waals surface area (Å²) in [6, 6.07) is 13.6. The fourth-order valence-electron chi connectivity index (χ4n) is 1.76. The van der Waals surface area contributed by atoms with Gasteiger partial charge in [-0.25, -0.2) is 0 Å². The summed E-state index contributed by atoms with van der Waals surface area (Å²) in [7, 11) is 1.61. The largest absolute Gasteiger partial charge is 0.497 e. The highest BCUT2D eigenvalue weighted by Gasteiger charge is 2.03. The van der Waals surface area contributed by atoms with E-state index in [4.69, 9.17) is 9.47 Å². The number of hydrogen-bond acceptors (Lipinski definition) is 5. The molecule has 0 saturated heterocycles. The molecule has 0 saturated carbocycles. The average Bonchev–Trinajstić information content (AvgIpc) is 2.52. The summed E-state index contributed by atoms with van der Waals surface area (Å²) in [5, 5.41) is 13.7. The van der Waals surface area contributed by atoms with Gasteiger partial charge in [0.15, 0.2) is 0 Å². The van der Waals surface area contributed by atoms with Gasteiger partial charge in [0.1, 0.15) is 18.1 Å². The third kappa shape index (κ3) is 4.38. The van der Waals surface area contributed by atoms with Gasteiger partial charge in [0, 0.05) is 30.4 Å². The van der Waals surface area contributed by atoms with Crippen molar-refractivity contribution in [3.63, 3.8) is 0 Å². The number of methoxy groups -OCH3 is 1. The van der Waals surface area contributed by atoms with E-state index < -0.39 is 4.92 Å². The summed E-state index contributed by atoms with van der Waals surface area (Å²) in [5.41, 5.74) is 0.892. The lowest BCUT2D eigenvalue weighted by atomic mass is 10.3. The van der Waals surface area contributed by atoms with Crippen LogP contribution in [0.5, 0.6) is 11.5 Å². The van der Waals surface area contributed by atoms with Crippen LogP contribution >= 0.6 is 0 Å². The second-order valence-corrected chi connectivity index (χ2v) is 4.26. The van der Waals surface area contributed by atoms with Gasteiger partial charge in [-0.05, 0) is 24.3 Å². The van der Waals surface area contributed by atoms with E-state index in [-0.39, 0.29) is 5.69 Å². The number of nitro groups is 1. The molecule has 6 heteroatoms. The number of ether oxygens (including phenoxy) is 2. The number of benzene rings is 2. The molecule has 2 aromatic rings. The number of hydrogen-bond donors (Lipinski definition) is 1. The Balaban J connectivity index is 1.77. The van der Waals surface area contributed by atoms with Gasteiger partial charge in [-0.3, -0.25) is 10.1 Å². The summed E-state index contributed by atoms with van der Waals surface area (Å²) in [6.07, 6.45) is 0. The van der Waals surface area contributed by atoms with Crippen molar-refractivity contribution >= 4 is 11.4 Å². The predicted octanol–water partition coefficient (Wildman–Crippen LogP) is 3.09. The smallest absolute Gasteiger partial charge is 0.269 e. The zero-order valence-electron chi connectivity index (χ0n) is 11.6. The van der Waals surface area contributed by atoms with Gasteiger partial charge in [0.2, 0.25) is 0 Å². The van der Waals surface area contributed by atoms with E-state index in [1.54, 1.807) is 19.2 Å². The summed E-state index contributed by atoms with van der Waals surface area (Å²) < 4.78 is 10.7. The van der Waals surface area contributed by atoms with Gasteiger partial charge < -0.3 is 14.8 Å². The van der Waals surface area contributed by atoms with Crippen LogP contribution in [0.15, 0.2) is 48.5 Å². The number of anilines is 1. The Morgan fingerprint density at radius 2 is 1.86 bits per heavy atom. The van der Waals surface area contributed by atoms with Crippen LogP contribution in [-0.2, 0) is 0 Å². The van der Waals surface area contributed by atoms with Crippen molar-refractivity contribution in [2.75, 3.05) is 25.6 Å². The molecule has 0 aliphatic rings. The first-order chi connectivity index (χ1) is 10.2. The normalized spacial score (nSPS) is 9.95. The molecule has 0 heterocycles. The van der Waals surface area contributed by atoms with Crippen LogP contribution in [-0.4, -0.2) is 25.2 Å². The Hall–Kier alpha value is -2.76. The first-order valence-electron chi connectivity index (χ1n) is 6.44. The topological polar surface area (TPSA) is 73.6 Å². The predicted molar refractivity (Wildman–Crippen MR) is 80.1 cm³/mol. The van der Waals surface area contributed by atoms with E-state index in [2.05, 4.69) is 5.32 Å². The van der Waals surface area contributed by atoms with Crippen molar-refractivity contribution in [3.05, 3.63) is 58.6 Å². The molecule has 0 atom stereocenters. The minimum absolute atomic E-state index is 0.0770. The quantitative estimate of drug-likeness (QED) is 0.481. The lowest BCUT2D eigenvalue weighted by molar-refractivity contribution is -0.384. The molecule has 0 aromatic heterocycles. The molecule has 0 unspecified atom stereocenters. The van der Waals surface area contributed by atoms with Gasteiger partial charge in [-0.15, -0.1) is 0 Å². The van der Waals surface area contributed by atoms with Crippen molar-refractivity contribution in [1.82, 2.24) is 0 Å². The molecule has 1 N–H and O–H groups in total. The van der Waals surface area contributed by atoms with E-state index in [0.717, 1.165) is 17.2 Å². The molecule has 6 nitrogen and oxygen atoms in total. The Bertz CT molecular complexity index is 599. The van der Waals surface area contributed by atoms with Gasteiger partial charge in [0.25, 0.3) is 5.69 Å². The Morgan fingerprint density at radius 3 is 2.52 bits per heavy atom. The van der Waals surface area contributed by atoms with Crippen LogP contribution in [0.25, 0.3) is 0 Å². The summed E-state index contributed by atoms with van der Waals surface area (Å²) >= 11 is 0. The second kappa shape index (κ2) is 7.14. The van der Waals surface area contributed by atoms with E-state index in [1.165, 1.54) is 12.1 Å². The van der Waals surface area contributed by atoms with E-state index in [9.17, 15) is 10.1 Å². The molecule has 0 spiro atoms. The summed E-state index contributed by atoms with van der Waals surface area (Å²) in [6.45, 7) is 1.07. The third-order valence-electron chi connectivity index (χ3n) is 2.82. The van der Waals surface area contributed by atoms with Gasteiger partial charge in [-0.1, -0.05) is 6.07 Å². The molecule has 2 aromatic carbocycles. The number of nitro benzene ring substituents is 1. The van der Waals surface area contributed by atoms with Crippen molar-refractivity contribution in [2.45, 2.75) is 0 Å². The van der Waals surface area contributed by atoms with Gasteiger partial charge in [0.05, 0.1) is 12.0 Å². The molecular formula is C15H16N2O4. The van der Waals surface area contributed by atoms with Crippen LogP contribution in [0.1, 0.15) is 0 Å². The molecule has 0 aliphatic heterocycles. The van der Waals surface area contributed by atoms with E-state index in [0.29, 0.717) is 13.2 Å². The van der Waals surface area contributed by atoms with Crippen molar-refractivity contribution in [1.29, 1.82) is 0 Å². The van der Waals surface area contributed by atoms with E-state index >= 15 is 0 Å². The maximum atomic E-state index is 10.5. The second-order valence-electron chi connectivity index (χ2n) is 4.26. The average molecular weight is 288 g/mol. The zero-order chi connectivity index (χ0) is 15.1. The molecule has 2 rings (SSSR count). The lowest BCUT2D eigenvalue weighted by Gasteiger charge is -2.09. The number of rotatable bonds is 7. The van der Waals surface area contributed by atoms with E-state index in [1.807, 2.05) is 24.3 Å². The Morgan fingerprint density at radius 1 is 1.14 bits per heavy atom. The third-order valence-corrected chi connectivity index (χ3v) is 2.82. The van der Waals surface area contributed by atoms with Crippen LogP contribution in [0.2, 0.25) is 0 Å². The molecule has 0 fully saturated rings. The lowest BCUT2D eigenvalue weighted by Crippen LogP contribution is -2.11. The summed E-state index contributed by atoms with van der Waals surface area (Å²) in [4.78, 5) is 10.1. The highest BCUT2D eigenvalue weighted by atomic mass is 16.6. The van der Waals surface area contributed by atoms with Crippen LogP contribution in [0.4, 0.5) is 11.4 Å². The Kier molecular flexibility index (Phi) is 4.98. The number of non-ortho nitro benzene ring substituents is 1. The monoisotopic (exact) mass is 288 g/mol. The summed E-state index contributed by atoms with van der Waals surface area (Å²) in [5.74, 6) is 1.48. The Labute approximate surface area is 122 Å². The first kappa shape index (κ1) is 14.6. The molecule has 0 radical (unpaired) electrons. The standard InChI is InChI=1S/C15H16N2O4/c1-20-14-3-2-4-15(11-14)21-10-9-16-12-5-7-13(8-6-12)17(18)19/h2-8,11,16H,9-10H2,1H3. The zero-order valence-corrected chi connectivity index (χ0v) is 11.6. The van der Waals surface area contributed by atoms with Crippen molar-refractivity contribution in [3.8, 4) is 11.5 Å². The van der Waals surface area contributed by atoms with Crippen molar-refractivity contribution in [2.24, 2.45) is 0 Å². The molecule has 110 valence electrons. The van der Waals surface area contributed by atoms with Gasteiger partial charge in [-0.2, -0.15) is 0 Å². The maximum Gasteiger partial charge on any atom is 0.269 e. The minimum atomic E-state index is -0.421. The fraction of sp³-hybridized carbons (Fsp3) is 0.200. The molecule has 0 bridgehead atoms.